The Hall–Kier alpha value is -0.860. The van der Waals surface area contributed by atoms with Crippen molar-refractivity contribution < 1.29 is 23.4 Å². The largest absolute Gasteiger partial charge is 0.478 e. The van der Waals surface area contributed by atoms with Crippen LogP contribution in [-0.4, -0.2) is 48.1 Å². The highest BCUT2D eigenvalue weighted by atomic mass is 35.5. The van der Waals surface area contributed by atoms with Crippen LogP contribution in [0.2, 0.25) is 10.0 Å². The summed E-state index contributed by atoms with van der Waals surface area (Å²) in [6.07, 6.45) is 1.17. The van der Waals surface area contributed by atoms with Crippen molar-refractivity contribution >= 4 is 39.2 Å². The second-order valence-electron chi connectivity index (χ2n) is 4.66. The molecule has 2 rings (SSSR count). The lowest BCUT2D eigenvalue weighted by Crippen LogP contribution is -2.37. The van der Waals surface area contributed by atoms with E-state index in [0.29, 0.717) is 12.8 Å². The molecule has 116 valence electrons. The first kappa shape index (κ1) is 16.5. The van der Waals surface area contributed by atoms with Crippen LogP contribution in [-0.2, 0) is 10.0 Å². The van der Waals surface area contributed by atoms with Crippen molar-refractivity contribution in [3.63, 3.8) is 0 Å². The molecule has 21 heavy (non-hydrogen) atoms. The lowest BCUT2D eigenvalue weighted by molar-refractivity contribution is 0.0697. The van der Waals surface area contributed by atoms with Crippen molar-refractivity contribution in [2.45, 2.75) is 23.8 Å². The Labute approximate surface area is 131 Å². The van der Waals surface area contributed by atoms with Gasteiger partial charge in [0.1, 0.15) is 4.90 Å². The lowest BCUT2D eigenvalue weighted by Gasteiger charge is -2.23. The van der Waals surface area contributed by atoms with Crippen LogP contribution in [0.1, 0.15) is 23.2 Å². The van der Waals surface area contributed by atoms with Crippen molar-refractivity contribution in [1.29, 1.82) is 0 Å². The summed E-state index contributed by atoms with van der Waals surface area (Å²) in [5.74, 6) is -1.34. The summed E-state index contributed by atoms with van der Waals surface area (Å²) in [5, 5.41) is 18.0. The first-order valence-electron chi connectivity index (χ1n) is 6.14. The van der Waals surface area contributed by atoms with E-state index in [1.807, 2.05) is 0 Å². The Morgan fingerprint density at radius 1 is 1.33 bits per heavy atom. The second-order valence-corrected chi connectivity index (χ2v) is 7.34. The topological polar surface area (TPSA) is 94.9 Å². The molecule has 1 aromatic rings. The fourth-order valence-electron chi connectivity index (χ4n) is 2.33. The number of benzene rings is 1. The van der Waals surface area contributed by atoms with Gasteiger partial charge in [-0.3, -0.25) is 0 Å². The van der Waals surface area contributed by atoms with Crippen molar-refractivity contribution in [3.05, 3.63) is 27.7 Å². The summed E-state index contributed by atoms with van der Waals surface area (Å²) >= 11 is 11.7. The van der Waals surface area contributed by atoms with Gasteiger partial charge in [0.05, 0.1) is 22.2 Å². The second kappa shape index (κ2) is 6.10. The summed E-state index contributed by atoms with van der Waals surface area (Å²) in [6.45, 7) is -0.0366. The number of sulfonamides is 1. The maximum Gasteiger partial charge on any atom is 0.337 e. The van der Waals surface area contributed by atoms with Crippen LogP contribution in [0.3, 0.4) is 0 Å². The van der Waals surface area contributed by atoms with E-state index in [0.717, 1.165) is 16.4 Å². The highest BCUT2D eigenvalue weighted by Gasteiger charge is 2.36. The molecule has 0 saturated carbocycles. The van der Waals surface area contributed by atoms with E-state index in [-0.39, 0.29) is 33.7 Å². The number of aliphatic hydroxyl groups excluding tert-OH is 1. The number of hydrogen-bond donors (Lipinski definition) is 2. The molecular formula is C12H13Cl2NO5S. The molecule has 1 atom stereocenters. The summed E-state index contributed by atoms with van der Waals surface area (Å²) < 4.78 is 26.4. The molecule has 2 N–H and O–H groups in total. The molecule has 0 amide bonds. The minimum atomic E-state index is -3.98. The summed E-state index contributed by atoms with van der Waals surface area (Å²) in [6, 6.07) is 1.54. The molecule has 1 fully saturated rings. The van der Waals surface area contributed by atoms with Gasteiger partial charge in [-0.2, -0.15) is 4.31 Å². The molecule has 1 saturated heterocycles. The van der Waals surface area contributed by atoms with E-state index >= 15 is 0 Å². The van der Waals surface area contributed by atoms with E-state index < -0.39 is 22.0 Å². The Balaban J connectivity index is 2.54. The molecule has 0 spiro atoms. The zero-order valence-corrected chi connectivity index (χ0v) is 13.1. The van der Waals surface area contributed by atoms with Crippen LogP contribution in [0.4, 0.5) is 0 Å². The van der Waals surface area contributed by atoms with Crippen molar-refractivity contribution in [1.82, 2.24) is 4.31 Å². The van der Waals surface area contributed by atoms with E-state index in [1.54, 1.807) is 0 Å². The molecular weight excluding hydrogens is 341 g/mol. The average molecular weight is 354 g/mol. The third-order valence-corrected chi connectivity index (χ3v) is 6.10. The number of aromatic carboxylic acids is 1. The van der Waals surface area contributed by atoms with Crippen LogP contribution in [0.15, 0.2) is 17.0 Å². The quantitative estimate of drug-likeness (QED) is 0.860. The van der Waals surface area contributed by atoms with E-state index in [1.165, 1.54) is 0 Å². The van der Waals surface area contributed by atoms with Gasteiger partial charge < -0.3 is 10.2 Å². The highest BCUT2D eigenvalue weighted by Crippen LogP contribution is 2.33. The predicted octanol–water partition coefficient (Wildman–Crippen LogP) is 1.84. The smallest absolute Gasteiger partial charge is 0.337 e. The van der Waals surface area contributed by atoms with Gasteiger partial charge in [-0.15, -0.1) is 0 Å². The van der Waals surface area contributed by atoms with Crippen LogP contribution in [0.25, 0.3) is 0 Å². The van der Waals surface area contributed by atoms with Gasteiger partial charge in [-0.25, -0.2) is 13.2 Å². The van der Waals surface area contributed by atoms with Gasteiger partial charge in [0, 0.05) is 12.6 Å². The first-order chi connectivity index (χ1) is 9.78. The Morgan fingerprint density at radius 2 is 2.00 bits per heavy atom. The maximum absolute atomic E-state index is 12.6. The van der Waals surface area contributed by atoms with Crippen molar-refractivity contribution in [2.24, 2.45) is 0 Å². The molecule has 0 bridgehead atoms. The van der Waals surface area contributed by atoms with Crippen LogP contribution < -0.4 is 0 Å². The highest BCUT2D eigenvalue weighted by molar-refractivity contribution is 7.89. The number of carboxylic acids is 1. The maximum atomic E-state index is 12.6. The molecule has 1 aliphatic rings. The first-order valence-corrected chi connectivity index (χ1v) is 8.33. The third-order valence-electron chi connectivity index (χ3n) is 3.37. The molecule has 1 heterocycles. The minimum absolute atomic E-state index is 0.133. The standard InChI is InChI=1S/C12H13Cl2NO5S/c13-9-5-10(14)11(4-8(9)12(17)18)21(19,20)15-3-1-2-7(15)6-16/h4-5,7,16H,1-3,6H2,(H,17,18)/t7-/m0/s1. The monoisotopic (exact) mass is 353 g/mol. The third kappa shape index (κ3) is 3.02. The molecule has 9 heteroatoms. The molecule has 1 aliphatic heterocycles. The molecule has 0 aromatic heterocycles. The van der Waals surface area contributed by atoms with Gasteiger partial charge >= 0.3 is 5.97 Å². The van der Waals surface area contributed by atoms with E-state index in [2.05, 4.69) is 0 Å². The number of aliphatic hydroxyl groups is 1. The number of rotatable bonds is 4. The van der Waals surface area contributed by atoms with Crippen molar-refractivity contribution in [3.8, 4) is 0 Å². The van der Waals surface area contributed by atoms with Gasteiger partial charge in [0.2, 0.25) is 10.0 Å². The Bertz CT molecular complexity index is 676. The zero-order chi connectivity index (χ0) is 15.8. The normalized spacial score (nSPS) is 19.9. The average Bonchev–Trinajstić information content (AvgIpc) is 2.86. The summed E-state index contributed by atoms with van der Waals surface area (Å²) in [5.41, 5.74) is -0.334. The number of halogens is 2. The molecule has 0 unspecified atom stereocenters. The Morgan fingerprint density at radius 3 is 2.57 bits per heavy atom. The zero-order valence-electron chi connectivity index (χ0n) is 10.8. The Kier molecular flexibility index (Phi) is 4.79. The van der Waals surface area contributed by atoms with Gasteiger partial charge in [-0.05, 0) is 25.0 Å². The predicted molar refractivity (Wildman–Crippen MR) is 77.4 cm³/mol. The molecule has 1 aromatic carbocycles. The van der Waals surface area contributed by atoms with Gasteiger partial charge in [0.25, 0.3) is 0 Å². The van der Waals surface area contributed by atoms with Crippen LogP contribution >= 0.6 is 23.2 Å². The minimum Gasteiger partial charge on any atom is -0.478 e. The molecule has 6 nitrogen and oxygen atoms in total. The van der Waals surface area contributed by atoms with Crippen molar-refractivity contribution in [2.75, 3.05) is 13.2 Å². The van der Waals surface area contributed by atoms with Crippen LogP contribution in [0.5, 0.6) is 0 Å². The number of hydrogen-bond acceptors (Lipinski definition) is 4. The molecule has 0 radical (unpaired) electrons. The summed E-state index contributed by atoms with van der Waals surface area (Å²) in [7, 11) is -3.98. The van der Waals surface area contributed by atoms with E-state index in [9.17, 15) is 18.3 Å². The summed E-state index contributed by atoms with van der Waals surface area (Å²) in [4.78, 5) is 10.8. The SMILES string of the molecule is O=C(O)c1cc(S(=O)(=O)N2CCC[C@H]2CO)c(Cl)cc1Cl. The molecule has 0 aliphatic carbocycles. The number of carboxylic acid groups (broad SMARTS) is 1. The van der Waals surface area contributed by atoms with Gasteiger partial charge in [0.15, 0.2) is 0 Å². The van der Waals surface area contributed by atoms with Gasteiger partial charge in [-0.1, -0.05) is 23.2 Å². The van der Waals surface area contributed by atoms with E-state index in [4.69, 9.17) is 28.3 Å². The van der Waals surface area contributed by atoms with Crippen LogP contribution in [0, 0.1) is 0 Å². The fourth-order valence-corrected chi connectivity index (χ4v) is 4.84. The number of nitrogens with zero attached hydrogens (tertiary/aromatic N) is 1. The fraction of sp³-hybridized carbons (Fsp3) is 0.417. The number of carbonyl (C=O) groups is 1. The lowest BCUT2D eigenvalue weighted by atomic mass is 10.2.